The fraction of sp³-hybridized carbons (Fsp3) is 0.850. The van der Waals surface area contributed by atoms with E-state index in [2.05, 4.69) is 33.4 Å². The van der Waals surface area contributed by atoms with Crippen molar-refractivity contribution in [1.29, 1.82) is 5.26 Å². The molecule has 1 fully saturated rings. The summed E-state index contributed by atoms with van der Waals surface area (Å²) in [5.41, 5.74) is 1.48. The van der Waals surface area contributed by atoms with Gasteiger partial charge in [0.15, 0.2) is 0 Å². The SMILES string of the molecule is C=C1C(CC#N)CCP(CCCC)C1(CCCC)CCCC. The highest BCUT2D eigenvalue weighted by atomic mass is 31.1. The maximum Gasteiger partial charge on any atom is 0.0628 e. The van der Waals surface area contributed by atoms with Gasteiger partial charge in [-0.1, -0.05) is 72.9 Å². The zero-order chi connectivity index (χ0) is 16.4. The lowest BCUT2D eigenvalue weighted by molar-refractivity contribution is 0.431. The molecule has 0 N–H and O–H groups in total. The molecule has 1 aliphatic heterocycles. The van der Waals surface area contributed by atoms with Crippen molar-refractivity contribution in [2.24, 2.45) is 5.92 Å². The Balaban J connectivity index is 3.02. The Morgan fingerprint density at radius 2 is 1.73 bits per heavy atom. The summed E-state index contributed by atoms with van der Waals surface area (Å²) in [7, 11) is 0.0658. The molecule has 1 nitrogen and oxygen atoms in total. The van der Waals surface area contributed by atoms with Gasteiger partial charge in [-0.25, -0.2) is 0 Å². The summed E-state index contributed by atoms with van der Waals surface area (Å²) in [5, 5.41) is 9.58. The Labute approximate surface area is 140 Å². The number of unbranched alkanes of at least 4 members (excludes halogenated alkanes) is 3. The van der Waals surface area contributed by atoms with Crippen LogP contribution in [0.1, 0.15) is 85.0 Å². The van der Waals surface area contributed by atoms with E-state index in [0.717, 1.165) is 0 Å². The monoisotopic (exact) mass is 321 g/mol. The summed E-state index contributed by atoms with van der Waals surface area (Å²) in [4.78, 5) is 0. The first-order chi connectivity index (χ1) is 10.7. The second-order valence-corrected chi connectivity index (χ2v) is 9.78. The molecule has 1 aliphatic rings. The number of hydrogen-bond acceptors (Lipinski definition) is 1. The fourth-order valence-corrected chi connectivity index (χ4v) is 7.93. The van der Waals surface area contributed by atoms with E-state index in [0.29, 0.717) is 17.5 Å². The van der Waals surface area contributed by atoms with Crippen LogP contribution in [0.4, 0.5) is 0 Å². The normalized spacial score (nSPS) is 24.2. The highest BCUT2D eigenvalue weighted by Gasteiger charge is 2.44. The lowest BCUT2D eigenvalue weighted by Gasteiger charge is -2.50. The van der Waals surface area contributed by atoms with Crippen molar-refractivity contribution in [1.82, 2.24) is 0 Å². The van der Waals surface area contributed by atoms with Gasteiger partial charge in [-0.2, -0.15) is 5.26 Å². The minimum atomic E-state index is 0.0658. The molecule has 1 heterocycles. The van der Waals surface area contributed by atoms with E-state index in [1.165, 1.54) is 75.7 Å². The zero-order valence-corrected chi connectivity index (χ0v) is 16.1. The first-order valence-electron chi connectivity index (χ1n) is 9.47. The molecule has 0 spiro atoms. The Hall–Kier alpha value is -0.340. The molecule has 2 heteroatoms. The van der Waals surface area contributed by atoms with Gasteiger partial charge < -0.3 is 0 Å². The van der Waals surface area contributed by atoms with Gasteiger partial charge in [-0.3, -0.25) is 0 Å². The second-order valence-electron chi connectivity index (χ2n) is 6.95. The smallest absolute Gasteiger partial charge is 0.0628 e. The van der Waals surface area contributed by atoms with E-state index in [1.807, 2.05) is 0 Å². The third-order valence-electron chi connectivity index (χ3n) is 5.45. The zero-order valence-electron chi connectivity index (χ0n) is 15.2. The summed E-state index contributed by atoms with van der Waals surface area (Å²) in [5.74, 6) is 0.471. The Morgan fingerprint density at radius 1 is 1.14 bits per heavy atom. The Bertz CT molecular complexity index is 360. The minimum absolute atomic E-state index is 0.0658. The third kappa shape index (κ3) is 4.83. The van der Waals surface area contributed by atoms with E-state index < -0.39 is 0 Å². The molecule has 0 aromatic carbocycles. The highest BCUT2D eigenvalue weighted by molar-refractivity contribution is 7.59. The van der Waals surface area contributed by atoms with Crippen LogP contribution in [-0.4, -0.2) is 17.5 Å². The Kier molecular flexibility index (Phi) is 9.35. The number of allylic oxidation sites excluding steroid dienone is 1. The molecule has 0 saturated carbocycles. The van der Waals surface area contributed by atoms with Crippen LogP contribution in [0.15, 0.2) is 12.2 Å². The second kappa shape index (κ2) is 10.4. The average molecular weight is 321 g/mol. The molecule has 0 aliphatic carbocycles. The van der Waals surface area contributed by atoms with Crippen molar-refractivity contribution < 1.29 is 0 Å². The van der Waals surface area contributed by atoms with E-state index in [4.69, 9.17) is 0 Å². The van der Waals surface area contributed by atoms with E-state index >= 15 is 0 Å². The fourth-order valence-electron chi connectivity index (χ4n) is 3.99. The van der Waals surface area contributed by atoms with Gasteiger partial charge in [0.1, 0.15) is 0 Å². The molecular formula is C20H36NP. The number of nitrogens with zero attached hydrogens (tertiary/aromatic N) is 1. The van der Waals surface area contributed by atoms with E-state index in [1.54, 1.807) is 0 Å². The predicted octanol–water partition coefficient (Wildman–Crippen LogP) is 6.88. The molecule has 2 atom stereocenters. The largest absolute Gasteiger partial charge is 0.198 e. The van der Waals surface area contributed by atoms with Gasteiger partial charge in [-0.05, 0) is 43.9 Å². The van der Waals surface area contributed by atoms with Crippen LogP contribution in [0.5, 0.6) is 0 Å². The predicted molar refractivity (Wildman–Crippen MR) is 101 cm³/mol. The molecule has 1 saturated heterocycles. The number of hydrogen-bond donors (Lipinski definition) is 0. The number of rotatable bonds is 10. The molecule has 0 radical (unpaired) electrons. The maximum atomic E-state index is 9.18. The quantitative estimate of drug-likeness (QED) is 0.318. The summed E-state index contributed by atoms with van der Waals surface area (Å²) in [6.45, 7) is 11.5. The van der Waals surface area contributed by atoms with Gasteiger partial charge in [0.2, 0.25) is 0 Å². The summed E-state index contributed by atoms with van der Waals surface area (Å²) < 4.78 is 0. The van der Waals surface area contributed by atoms with Gasteiger partial charge in [-0.15, -0.1) is 0 Å². The van der Waals surface area contributed by atoms with Crippen molar-refractivity contribution in [2.75, 3.05) is 12.3 Å². The van der Waals surface area contributed by atoms with Gasteiger partial charge >= 0.3 is 0 Å². The van der Waals surface area contributed by atoms with Crippen LogP contribution in [0, 0.1) is 17.2 Å². The van der Waals surface area contributed by atoms with Crippen molar-refractivity contribution in [3.63, 3.8) is 0 Å². The molecule has 0 aromatic heterocycles. The molecule has 1 rings (SSSR count). The molecule has 0 aromatic rings. The summed E-state index contributed by atoms with van der Waals surface area (Å²) in [6.07, 6.45) is 15.3. The maximum absolute atomic E-state index is 9.18. The van der Waals surface area contributed by atoms with Crippen molar-refractivity contribution in [3.8, 4) is 6.07 Å². The van der Waals surface area contributed by atoms with E-state index in [9.17, 15) is 5.26 Å². The van der Waals surface area contributed by atoms with Crippen LogP contribution in [-0.2, 0) is 0 Å². The van der Waals surface area contributed by atoms with Crippen molar-refractivity contribution >= 4 is 7.92 Å². The van der Waals surface area contributed by atoms with Crippen molar-refractivity contribution in [2.45, 2.75) is 90.1 Å². The molecule has 0 bridgehead atoms. The van der Waals surface area contributed by atoms with Crippen LogP contribution in [0.3, 0.4) is 0 Å². The molecule has 126 valence electrons. The number of nitriles is 1. The van der Waals surface area contributed by atoms with E-state index in [-0.39, 0.29) is 7.92 Å². The topological polar surface area (TPSA) is 23.8 Å². The van der Waals surface area contributed by atoms with Crippen LogP contribution in [0.2, 0.25) is 0 Å². The van der Waals surface area contributed by atoms with Crippen LogP contribution in [0.25, 0.3) is 0 Å². The first-order valence-corrected chi connectivity index (χ1v) is 11.2. The highest BCUT2D eigenvalue weighted by Crippen LogP contribution is 2.64. The van der Waals surface area contributed by atoms with Gasteiger partial charge in [0.25, 0.3) is 0 Å². The van der Waals surface area contributed by atoms with Crippen molar-refractivity contribution in [3.05, 3.63) is 12.2 Å². The average Bonchev–Trinajstić information content (AvgIpc) is 2.53. The van der Waals surface area contributed by atoms with Gasteiger partial charge in [0, 0.05) is 11.6 Å². The van der Waals surface area contributed by atoms with Crippen LogP contribution >= 0.6 is 7.92 Å². The molecule has 2 unspecified atom stereocenters. The minimum Gasteiger partial charge on any atom is -0.198 e. The molecule has 22 heavy (non-hydrogen) atoms. The Morgan fingerprint density at radius 3 is 2.23 bits per heavy atom. The summed E-state index contributed by atoms with van der Waals surface area (Å²) in [6, 6.07) is 2.42. The van der Waals surface area contributed by atoms with Gasteiger partial charge in [0.05, 0.1) is 6.07 Å². The lowest BCUT2D eigenvalue weighted by atomic mass is 9.79. The van der Waals surface area contributed by atoms with Crippen LogP contribution < -0.4 is 0 Å². The summed E-state index contributed by atoms with van der Waals surface area (Å²) >= 11 is 0. The molecular weight excluding hydrogens is 285 g/mol. The standard InChI is InChI=1S/C20H36NP/c1-5-8-13-20(14-9-6-2)18(4)19(11-15-21)12-17-22(20)16-10-7-3/h19H,4-14,16-17H2,1-3H3. The molecule has 0 amide bonds. The first kappa shape index (κ1) is 19.7. The third-order valence-corrected chi connectivity index (χ3v) is 9.05. The lowest BCUT2D eigenvalue weighted by Crippen LogP contribution is -2.38.